The summed E-state index contributed by atoms with van der Waals surface area (Å²) < 4.78 is 22.6. The van der Waals surface area contributed by atoms with Gasteiger partial charge < -0.3 is 5.32 Å². The molecule has 1 saturated heterocycles. The van der Waals surface area contributed by atoms with Gasteiger partial charge in [0.25, 0.3) is 0 Å². The Balaban J connectivity index is 2.20. The first kappa shape index (κ1) is 12.3. The van der Waals surface area contributed by atoms with Crippen molar-refractivity contribution in [3.05, 3.63) is 29.8 Å². The van der Waals surface area contributed by atoms with Gasteiger partial charge in [-0.15, -0.1) is 0 Å². The lowest BCUT2D eigenvalue weighted by Crippen LogP contribution is -2.17. The highest BCUT2D eigenvalue weighted by Crippen LogP contribution is 2.17. The van der Waals surface area contributed by atoms with E-state index in [1.165, 1.54) is 12.1 Å². The van der Waals surface area contributed by atoms with Crippen molar-refractivity contribution in [2.24, 2.45) is 5.92 Å². The average molecular weight is 253 g/mol. The molecule has 1 fully saturated rings. The Kier molecular flexibility index (Phi) is 3.31. The van der Waals surface area contributed by atoms with Crippen molar-refractivity contribution in [2.75, 3.05) is 19.3 Å². The van der Waals surface area contributed by atoms with Gasteiger partial charge in [0.2, 0.25) is 0 Å². The van der Waals surface area contributed by atoms with Crippen molar-refractivity contribution in [2.45, 2.75) is 11.3 Å². The van der Waals surface area contributed by atoms with Gasteiger partial charge in [0, 0.05) is 24.3 Å². The lowest BCUT2D eigenvalue weighted by Gasteiger charge is -2.07. The number of hydrogen-bond donors (Lipinski definition) is 1. The van der Waals surface area contributed by atoms with E-state index in [1.54, 1.807) is 12.1 Å². The number of nitrogens with one attached hydrogen (secondary N) is 1. The minimum atomic E-state index is -3.19. The highest BCUT2D eigenvalue weighted by atomic mass is 32.2. The second-order valence-electron chi connectivity index (χ2n) is 4.35. The van der Waals surface area contributed by atoms with Gasteiger partial charge in [-0.3, -0.25) is 4.79 Å². The normalized spacial score (nSPS) is 20.4. The highest BCUT2D eigenvalue weighted by molar-refractivity contribution is 7.90. The first-order valence-corrected chi connectivity index (χ1v) is 7.42. The minimum absolute atomic E-state index is 0.0269. The molecule has 1 aliphatic heterocycles. The van der Waals surface area contributed by atoms with Crippen LogP contribution in [0, 0.1) is 5.92 Å². The number of benzene rings is 1. The van der Waals surface area contributed by atoms with Crippen LogP contribution in [0.2, 0.25) is 0 Å². The monoisotopic (exact) mass is 253 g/mol. The molecule has 4 nitrogen and oxygen atoms in total. The van der Waals surface area contributed by atoms with Gasteiger partial charge in [-0.05, 0) is 25.1 Å². The Labute approximate surface area is 101 Å². The average Bonchev–Trinajstić information content (AvgIpc) is 2.80. The maximum absolute atomic E-state index is 12.0. The Morgan fingerprint density at radius 2 is 1.94 bits per heavy atom. The first-order valence-electron chi connectivity index (χ1n) is 5.53. The number of hydrogen-bond acceptors (Lipinski definition) is 4. The van der Waals surface area contributed by atoms with Crippen LogP contribution in [-0.2, 0) is 9.84 Å². The fraction of sp³-hybridized carbons (Fsp3) is 0.417. The van der Waals surface area contributed by atoms with E-state index < -0.39 is 9.84 Å². The van der Waals surface area contributed by atoms with Crippen LogP contribution in [0.4, 0.5) is 0 Å². The maximum Gasteiger partial charge on any atom is 0.175 e. The predicted molar refractivity (Wildman–Crippen MR) is 64.9 cm³/mol. The van der Waals surface area contributed by atoms with E-state index in [-0.39, 0.29) is 16.6 Å². The van der Waals surface area contributed by atoms with Gasteiger partial charge in [-0.2, -0.15) is 0 Å². The Morgan fingerprint density at radius 3 is 2.41 bits per heavy atom. The summed E-state index contributed by atoms with van der Waals surface area (Å²) in [6, 6.07) is 6.17. The first-order chi connectivity index (χ1) is 7.98. The van der Waals surface area contributed by atoms with Gasteiger partial charge in [-0.25, -0.2) is 8.42 Å². The molecule has 1 aromatic rings. The second-order valence-corrected chi connectivity index (χ2v) is 6.37. The summed E-state index contributed by atoms with van der Waals surface area (Å²) in [5, 5.41) is 3.14. The number of carbonyl (C=O) groups is 1. The Bertz CT molecular complexity index is 513. The lowest BCUT2D eigenvalue weighted by atomic mass is 9.97. The van der Waals surface area contributed by atoms with Crippen LogP contribution in [-0.4, -0.2) is 33.5 Å². The molecule has 92 valence electrons. The van der Waals surface area contributed by atoms with Crippen molar-refractivity contribution >= 4 is 15.6 Å². The smallest absolute Gasteiger partial charge is 0.175 e. The van der Waals surface area contributed by atoms with Crippen molar-refractivity contribution in [3.63, 3.8) is 0 Å². The largest absolute Gasteiger partial charge is 0.316 e. The molecule has 0 saturated carbocycles. The van der Waals surface area contributed by atoms with Crippen molar-refractivity contribution in [3.8, 4) is 0 Å². The van der Waals surface area contributed by atoms with E-state index in [1.807, 2.05) is 0 Å². The molecular weight excluding hydrogens is 238 g/mol. The van der Waals surface area contributed by atoms with Crippen molar-refractivity contribution < 1.29 is 13.2 Å². The molecule has 1 heterocycles. The summed E-state index contributed by atoms with van der Waals surface area (Å²) in [4.78, 5) is 12.3. The lowest BCUT2D eigenvalue weighted by molar-refractivity contribution is 0.0930. The molecule has 0 spiro atoms. The van der Waals surface area contributed by atoms with Crippen LogP contribution in [0.5, 0.6) is 0 Å². The third kappa shape index (κ3) is 2.73. The fourth-order valence-electron chi connectivity index (χ4n) is 1.98. The summed E-state index contributed by atoms with van der Waals surface area (Å²) in [7, 11) is -3.19. The van der Waals surface area contributed by atoms with Crippen molar-refractivity contribution in [1.82, 2.24) is 5.32 Å². The number of Topliss-reactive ketones (excluding diaryl/α,β-unsaturated/α-hetero) is 1. The zero-order valence-corrected chi connectivity index (χ0v) is 10.5. The van der Waals surface area contributed by atoms with Gasteiger partial charge in [0.1, 0.15) is 0 Å². The van der Waals surface area contributed by atoms with E-state index in [9.17, 15) is 13.2 Å². The Morgan fingerprint density at radius 1 is 1.29 bits per heavy atom. The number of carbonyl (C=O) groups excluding carboxylic acids is 1. The van der Waals surface area contributed by atoms with Gasteiger partial charge in [0.15, 0.2) is 15.6 Å². The molecule has 1 atom stereocenters. The fourth-order valence-corrected chi connectivity index (χ4v) is 2.61. The van der Waals surface area contributed by atoms with Crippen LogP contribution >= 0.6 is 0 Å². The second kappa shape index (κ2) is 4.58. The minimum Gasteiger partial charge on any atom is -0.316 e. The Hall–Kier alpha value is -1.20. The molecule has 2 rings (SSSR count). The van der Waals surface area contributed by atoms with E-state index >= 15 is 0 Å². The summed E-state index contributed by atoms with van der Waals surface area (Å²) in [5.74, 6) is 0.120. The molecular formula is C12H15NO3S. The molecule has 1 N–H and O–H groups in total. The summed E-state index contributed by atoms with van der Waals surface area (Å²) in [6.45, 7) is 1.59. The van der Waals surface area contributed by atoms with Crippen LogP contribution in [0.15, 0.2) is 29.2 Å². The zero-order valence-electron chi connectivity index (χ0n) is 9.64. The topological polar surface area (TPSA) is 63.2 Å². The quantitative estimate of drug-likeness (QED) is 0.812. The molecule has 1 aromatic carbocycles. The standard InChI is InChI=1S/C12H15NO3S/c1-17(15,16)11-4-2-9(3-5-11)12(14)10-6-7-13-8-10/h2-5,10,13H,6-8H2,1H3. The van der Waals surface area contributed by atoms with Gasteiger partial charge in [0.05, 0.1) is 4.90 Å². The van der Waals surface area contributed by atoms with E-state index in [0.717, 1.165) is 19.2 Å². The zero-order chi connectivity index (χ0) is 12.5. The molecule has 0 aliphatic carbocycles. The number of sulfone groups is 1. The molecule has 0 amide bonds. The van der Waals surface area contributed by atoms with E-state index in [4.69, 9.17) is 0 Å². The summed E-state index contributed by atoms with van der Waals surface area (Å²) in [5.41, 5.74) is 0.589. The molecule has 0 aromatic heterocycles. The predicted octanol–water partition coefficient (Wildman–Crippen LogP) is 0.882. The van der Waals surface area contributed by atoms with Gasteiger partial charge >= 0.3 is 0 Å². The van der Waals surface area contributed by atoms with E-state index in [0.29, 0.717) is 12.1 Å². The van der Waals surface area contributed by atoms with Crippen LogP contribution < -0.4 is 5.32 Å². The molecule has 17 heavy (non-hydrogen) atoms. The van der Waals surface area contributed by atoms with Crippen LogP contribution in [0.25, 0.3) is 0 Å². The number of ketones is 1. The van der Waals surface area contributed by atoms with Crippen LogP contribution in [0.3, 0.4) is 0 Å². The van der Waals surface area contributed by atoms with Crippen LogP contribution in [0.1, 0.15) is 16.8 Å². The maximum atomic E-state index is 12.0. The molecule has 5 heteroatoms. The van der Waals surface area contributed by atoms with Gasteiger partial charge in [-0.1, -0.05) is 12.1 Å². The third-order valence-electron chi connectivity index (χ3n) is 3.00. The number of rotatable bonds is 3. The molecule has 1 aliphatic rings. The SMILES string of the molecule is CS(=O)(=O)c1ccc(C(=O)C2CCNC2)cc1. The highest BCUT2D eigenvalue weighted by Gasteiger charge is 2.23. The molecule has 1 unspecified atom stereocenters. The summed E-state index contributed by atoms with van der Waals surface area (Å²) >= 11 is 0. The van der Waals surface area contributed by atoms with Crippen molar-refractivity contribution in [1.29, 1.82) is 0 Å². The third-order valence-corrected chi connectivity index (χ3v) is 4.13. The van der Waals surface area contributed by atoms with E-state index in [2.05, 4.69) is 5.32 Å². The molecule has 0 bridgehead atoms. The summed E-state index contributed by atoms with van der Waals surface area (Å²) in [6.07, 6.45) is 2.01. The molecule has 0 radical (unpaired) electrons.